The summed E-state index contributed by atoms with van der Waals surface area (Å²) in [6.45, 7) is 1.73. The number of rotatable bonds is 6. The maximum atomic E-state index is 11.5. The first-order valence-corrected chi connectivity index (χ1v) is 6.80. The number of nitrogens with zero attached hydrogens (tertiary/aromatic N) is 1. The molecule has 15 heavy (non-hydrogen) atoms. The van der Waals surface area contributed by atoms with Crippen molar-refractivity contribution in [3.63, 3.8) is 0 Å². The first kappa shape index (κ1) is 12.4. The Bertz CT molecular complexity index is 322. The van der Waals surface area contributed by atoms with Crippen LogP contribution in [0.4, 0.5) is 0 Å². The molecule has 88 valence electrons. The molecule has 0 bridgehead atoms. The van der Waals surface area contributed by atoms with E-state index in [4.69, 9.17) is 0 Å². The number of amides is 1. The maximum absolute atomic E-state index is 11.5. The molecule has 1 amide bonds. The van der Waals surface area contributed by atoms with Crippen LogP contribution in [0.3, 0.4) is 0 Å². The van der Waals surface area contributed by atoms with Crippen molar-refractivity contribution in [2.24, 2.45) is 0 Å². The van der Waals surface area contributed by atoms with E-state index in [2.05, 4.69) is 5.32 Å². The molecule has 1 aliphatic carbocycles. The number of likely N-dealkylation sites (N-methyl/N-ethyl adjacent to an activating group) is 1. The zero-order valence-electron chi connectivity index (χ0n) is 9.19. The number of sulfonamides is 1. The molecule has 0 aliphatic heterocycles. The van der Waals surface area contributed by atoms with Crippen LogP contribution in [-0.4, -0.2) is 44.0 Å². The summed E-state index contributed by atoms with van der Waals surface area (Å²) in [5.74, 6) is -0.111. The summed E-state index contributed by atoms with van der Waals surface area (Å²) in [7, 11) is -1.81. The Morgan fingerprint density at radius 3 is 2.53 bits per heavy atom. The van der Waals surface area contributed by atoms with Crippen LogP contribution in [0.1, 0.15) is 26.2 Å². The minimum atomic E-state index is -3.25. The molecule has 0 aromatic heterocycles. The number of hydrogen-bond donors (Lipinski definition) is 1. The Morgan fingerprint density at radius 1 is 1.47 bits per heavy atom. The zero-order valence-corrected chi connectivity index (χ0v) is 10.0. The lowest BCUT2D eigenvalue weighted by atomic mass is 10.5. The smallest absolute Gasteiger partial charge is 0.235 e. The van der Waals surface area contributed by atoms with E-state index in [0.717, 1.165) is 17.1 Å². The van der Waals surface area contributed by atoms with Crippen LogP contribution in [0, 0.1) is 0 Å². The SMILES string of the molecule is CCCS(=O)(=O)N(C)CC(=O)NC1CC1. The molecule has 1 aliphatic rings. The van der Waals surface area contributed by atoms with Gasteiger partial charge in [0.2, 0.25) is 15.9 Å². The topological polar surface area (TPSA) is 66.5 Å². The van der Waals surface area contributed by atoms with Crippen molar-refractivity contribution >= 4 is 15.9 Å². The normalized spacial score (nSPS) is 16.7. The third-order valence-electron chi connectivity index (χ3n) is 2.25. The van der Waals surface area contributed by atoms with Crippen molar-refractivity contribution in [3.8, 4) is 0 Å². The summed E-state index contributed by atoms with van der Waals surface area (Å²) >= 11 is 0. The van der Waals surface area contributed by atoms with Gasteiger partial charge in [0.25, 0.3) is 0 Å². The van der Waals surface area contributed by atoms with E-state index in [-0.39, 0.29) is 24.2 Å². The predicted octanol–water partition coefficient (Wildman–Crippen LogP) is -0.0634. The molecule has 0 radical (unpaired) electrons. The molecule has 6 heteroatoms. The molecule has 0 unspecified atom stereocenters. The van der Waals surface area contributed by atoms with Crippen LogP contribution < -0.4 is 5.32 Å². The Hall–Kier alpha value is -0.620. The number of hydrogen-bond acceptors (Lipinski definition) is 3. The number of carbonyl (C=O) groups is 1. The molecule has 1 fully saturated rings. The van der Waals surface area contributed by atoms with Crippen molar-refractivity contribution in [1.82, 2.24) is 9.62 Å². The second kappa shape index (κ2) is 4.94. The Morgan fingerprint density at radius 2 is 2.07 bits per heavy atom. The average Bonchev–Trinajstić information content (AvgIpc) is 2.87. The van der Waals surface area contributed by atoms with Gasteiger partial charge in [-0.3, -0.25) is 4.79 Å². The van der Waals surface area contributed by atoms with Crippen LogP contribution in [0.2, 0.25) is 0 Å². The average molecular weight is 234 g/mol. The van der Waals surface area contributed by atoms with E-state index < -0.39 is 10.0 Å². The molecule has 0 atom stereocenters. The Labute approximate surface area is 90.9 Å². The van der Waals surface area contributed by atoms with E-state index in [1.165, 1.54) is 7.05 Å². The number of carbonyl (C=O) groups excluding carboxylic acids is 1. The minimum absolute atomic E-state index is 0.0706. The first-order chi connectivity index (χ1) is 6.95. The summed E-state index contributed by atoms with van der Waals surface area (Å²) in [5, 5.41) is 2.75. The van der Waals surface area contributed by atoms with Crippen molar-refractivity contribution in [2.45, 2.75) is 32.2 Å². The third kappa shape index (κ3) is 4.17. The fraction of sp³-hybridized carbons (Fsp3) is 0.889. The third-order valence-corrected chi connectivity index (χ3v) is 4.25. The highest BCUT2D eigenvalue weighted by Crippen LogP contribution is 2.18. The molecular formula is C9H18N2O3S. The van der Waals surface area contributed by atoms with Gasteiger partial charge in [-0.15, -0.1) is 0 Å². The molecule has 1 N–H and O–H groups in total. The van der Waals surface area contributed by atoms with Gasteiger partial charge >= 0.3 is 0 Å². The van der Waals surface area contributed by atoms with Crippen LogP contribution in [0.15, 0.2) is 0 Å². The van der Waals surface area contributed by atoms with Gasteiger partial charge in [-0.2, -0.15) is 4.31 Å². The van der Waals surface area contributed by atoms with Gasteiger partial charge in [0.05, 0.1) is 12.3 Å². The van der Waals surface area contributed by atoms with E-state index in [0.29, 0.717) is 6.42 Å². The highest BCUT2D eigenvalue weighted by Gasteiger charge is 2.25. The van der Waals surface area contributed by atoms with Gasteiger partial charge in [-0.25, -0.2) is 8.42 Å². The molecule has 1 saturated carbocycles. The van der Waals surface area contributed by atoms with Crippen molar-refractivity contribution in [3.05, 3.63) is 0 Å². The van der Waals surface area contributed by atoms with Crippen LogP contribution in [-0.2, 0) is 14.8 Å². The summed E-state index contributed by atoms with van der Waals surface area (Å²) < 4.78 is 24.1. The molecule has 0 spiro atoms. The van der Waals surface area contributed by atoms with Gasteiger partial charge < -0.3 is 5.32 Å². The van der Waals surface area contributed by atoms with Gasteiger partial charge in [-0.1, -0.05) is 6.92 Å². The Balaban J connectivity index is 2.38. The molecule has 0 aromatic carbocycles. The number of nitrogens with one attached hydrogen (secondary N) is 1. The maximum Gasteiger partial charge on any atom is 0.235 e. The van der Waals surface area contributed by atoms with E-state index >= 15 is 0 Å². The van der Waals surface area contributed by atoms with E-state index in [1.54, 1.807) is 6.92 Å². The Kier molecular flexibility index (Phi) is 4.10. The fourth-order valence-corrected chi connectivity index (χ4v) is 2.36. The van der Waals surface area contributed by atoms with E-state index in [1.807, 2.05) is 0 Å². The van der Waals surface area contributed by atoms with Crippen LogP contribution in [0.5, 0.6) is 0 Å². The van der Waals surface area contributed by atoms with Crippen molar-refractivity contribution in [1.29, 1.82) is 0 Å². The first-order valence-electron chi connectivity index (χ1n) is 5.19. The summed E-state index contributed by atoms with van der Waals surface area (Å²) in [4.78, 5) is 11.3. The van der Waals surface area contributed by atoms with Gasteiger partial charge in [0.15, 0.2) is 0 Å². The highest BCUT2D eigenvalue weighted by molar-refractivity contribution is 7.89. The molecule has 1 rings (SSSR count). The van der Waals surface area contributed by atoms with Gasteiger partial charge in [0, 0.05) is 13.1 Å². The lowest BCUT2D eigenvalue weighted by Gasteiger charge is -2.15. The summed E-state index contributed by atoms with van der Waals surface area (Å²) in [6.07, 6.45) is 2.59. The lowest BCUT2D eigenvalue weighted by Crippen LogP contribution is -2.39. The second-order valence-electron chi connectivity index (χ2n) is 3.91. The zero-order chi connectivity index (χ0) is 11.5. The molecule has 5 nitrogen and oxygen atoms in total. The molecular weight excluding hydrogens is 216 g/mol. The monoisotopic (exact) mass is 234 g/mol. The second-order valence-corrected chi connectivity index (χ2v) is 6.11. The molecule has 0 heterocycles. The van der Waals surface area contributed by atoms with Gasteiger partial charge in [-0.05, 0) is 19.3 Å². The summed E-state index contributed by atoms with van der Waals surface area (Å²) in [6, 6.07) is 0.278. The van der Waals surface area contributed by atoms with Crippen molar-refractivity contribution in [2.75, 3.05) is 19.3 Å². The molecule has 0 saturated heterocycles. The van der Waals surface area contributed by atoms with E-state index in [9.17, 15) is 13.2 Å². The van der Waals surface area contributed by atoms with Crippen LogP contribution >= 0.6 is 0 Å². The van der Waals surface area contributed by atoms with Gasteiger partial charge in [0.1, 0.15) is 0 Å². The fourth-order valence-electron chi connectivity index (χ4n) is 1.22. The largest absolute Gasteiger partial charge is 0.352 e. The lowest BCUT2D eigenvalue weighted by molar-refractivity contribution is -0.121. The quantitative estimate of drug-likeness (QED) is 0.700. The summed E-state index contributed by atoms with van der Waals surface area (Å²) in [5.41, 5.74) is 0. The predicted molar refractivity (Wildman–Crippen MR) is 57.9 cm³/mol. The standard InChI is InChI=1S/C9H18N2O3S/c1-3-6-15(13,14)11(2)7-9(12)10-8-4-5-8/h8H,3-7H2,1-2H3,(H,10,12). The minimum Gasteiger partial charge on any atom is -0.352 e. The van der Waals surface area contributed by atoms with Crippen LogP contribution in [0.25, 0.3) is 0 Å². The van der Waals surface area contributed by atoms with Crippen molar-refractivity contribution < 1.29 is 13.2 Å². The highest BCUT2D eigenvalue weighted by atomic mass is 32.2. The molecule has 0 aromatic rings.